The fraction of sp³-hybridized carbons (Fsp3) is 0.150. The predicted octanol–water partition coefficient (Wildman–Crippen LogP) is 5.25. The third-order valence-electron chi connectivity index (χ3n) is 3.99. The highest BCUT2D eigenvalue weighted by Gasteiger charge is 2.36. The molecule has 3 amide bonds. The summed E-state index contributed by atoms with van der Waals surface area (Å²) < 4.78 is 34.2. The van der Waals surface area contributed by atoms with Crippen molar-refractivity contribution in [2.75, 3.05) is 18.5 Å². The lowest BCUT2D eigenvalue weighted by molar-refractivity contribution is -0.127. The normalized spacial score (nSPS) is 15.0. The van der Waals surface area contributed by atoms with E-state index in [4.69, 9.17) is 4.74 Å². The van der Waals surface area contributed by atoms with Crippen molar-refractivity contribution >= 4 is 85.8 Å². The number of anilines is 1. The SMILES string of the molecule is CCOc1c(I)cc(I)cc1/C=C1/SC(=O)N(CC(=O)Nc2ccc(F)cc2F)C1=O. The molecule has 0 bridgehead atoms. The first kappa shape index (κ1) is 23.9. The van der Waals surface area contributed by atoms with E-state index in [1.54, 1.807) is 6.08 Å². The second-order valence-corrected chi connectivity index (χ2v) is 9.58. The Kier molecular flexibility index (Phi) is 7.91. The largest absolute Gasteiger partial charge is 0.492 e. The van der Waals surface area contributed by atoms with Gasteiger partial charge in [-0.2, -0.15) is 0 Å². The van der Waals surface area contributed by atoms with Gasteiger partial charge in [0.15, 0.2) is 0 Å². The molecular weight excluding hydrogens is 656 g/mol. The van der Waals surface area contributed by atoms with Crippen molar-refractivity contribution in [2.24, 2.45) is 0 Å². The number of halogens is 4. The number of carbonyl (C=O) groups excluding carboxylic acids is 3. The number of amides is 3. The summed E-state index contributed by atoms with van der Waals surface area (Å²) in [6, 6.07) is 6.42. The molecule has 0 aromatic heterocycles. The Hall–Kier alpha value is -1.74. The minimum atomic E-state index is -0.959. The van der Waals surface area contributed by atoms with Gasteiger partial charge in [-0.05, 0) is 94.2 Å². The maximum Gasteiger partial charge on any atom is 0.294 e. The molecule has 162 valence electrons. The number of nitrogens with zero attached hydrogens (tertiary/aromatic N) is 1. The fourth-order valence-corrected chi connectivity index (χ4v) is 5.56. The number of ether oxygens (including phenoxy) is 1. The van der Waals surface area contributed by atoms with Crippen LogP contribution >= 0.6 is 56.9 Å². The Bertz CT molecular complexity index is 1110. The molecule has 2 aromatic rings. The molecule has 6 nitrogen and oxygen atoms in total. The first-order valence-electron chi connectivity index (χ1n) is 8.81. The molecule has 1 fully saturated rings. The van der Waals surface area contributed by atoms with E-state index in [2.05, 4.69) is 50.5 Å². The van der Waals surface area contributed by atoms with Gasteiger partial charge in [-0.1, -0.05) is 0 Å². The molecule has 1 aliphatic heterocycles. The van der Waals surface area contributed by atoms with Crippen molar-refractivity contribution in [2.45, 2.75) is 6.92 Å². The summed E-state index contributed by atoms with van der Waals surface area (Å²) in [6.07, 6.45) is 1.55. The van der Waals surface area contributed by atoms with E-state index in [1.807, 2.05) is 19.1 Å². The monoisotopic (exact) mass is 670 g/mol. The standard InChI is InChI=1S/C20H14F2I2N2O4S/c1-2-30-18-10(5-12(23)8-14(18)24)6-16-19(28)26(20(29)31-16)9-17(27)25-15-4-3-11(21)7-13(15)22/h3-8H,2,9H2,1H3,(H,25,27)/b16-6+. The topological polar surface area (TPSA) is 75.7 Å². The number of hydrogen-bond acceptors (Lipinski definition) is 5. The molecule has 0 saturated carbocycles. The van der Waals surface area contributed by atoms with E-state index in [-0.39, 0.29) is 10.6 Å². The molecule has 1 heterocycles. The van der Waals surface area contributed by atoms with Crippen LogP contribution in [0.25, 0.3) is 6.08 Å². The number of nitrogens with one attached hydrogen (secondary N) is 1. The number of thioether (sulfide) groups is 1. The van der Waals surface area contributed by atoms with Gasteiger partial charge in [-0.25, -0.2) is 8.78 Å². The zero-order chi connectivity index (χ0) is 22.7. The molecule has 0 spiro atoms. The van der Waals surface area contributed by atoms with E-state index < -0.39 is 35.2 Å². The molecule has 11 heteroatoms. The molecular formula is C20H14F2I2N2O4S. The van der Waals surface area contributed by atoms with Crippen molar-refractivity contribution in [1.29, 1.82) is 0 Å². The first-order chi connectivity index (χ1) is 14.7. The summed E-state index contributed by atoms with van der Waals surface area (Å²) in [6.45, 7) is 1.67. The molecule has 0 radical (unpaired) electrons. The van der Waals surface area contributed by atoms with Gasteiger partial charge in [-0.3, -0.25) is 19.3 Å². The third-order valence-corrected chi connectivity index (χ3v) is 6.32. The van der Waals surface area contributed by atoms with Gasteiger partial charge in [0.1, 0.15) is 23.9 Å². The molecule has 1 saturated heterocycles. The van der Waals surface area contributed by atoms with Crippen molar-refractivity contribution in [3.8, 4) is 5.75 Å². The molecule has 2 aromatic carbocycles. The van der Waals surface area contributed by atoms with Crippen LogP contribution in [0, 0.1) is 18.8 Å². The van der Waals surface area contributed by atoms with Crippen molar-refractivity contribution < 1.29 is 27.9 Å². The zero-order valence-electron chi connectivity index (χ0n) is 15.9. The van der Waals surface area contributed by atoms with E-state index >= 15 is 0 Å². The Labute approximate surface area is 208 Å². The smallest absolute Gasteiger partial charge is 0.294 e. The van der Waals surface area contributed by atoms with Gasteiger partial charge < -0.3 is 10.1 Å². The molecule has 0 unspecified atom stereocenters. The lowest BCUT2D eigenvalue weighted by Gasteiger charge is -2.13. The zero-order valence-corrected chi connectivity index (χ0v) is 21.0. The number of rotatable bonds is 6. The average molecular weight is 670 g/mol. The van der Waals surface area contributed by atoms with Crippen LogP contribution in [0.15, 0.2) is 35.2 Å². The van der Waals surface area contributed by atoms with Crippen LogP contribution in [-0.2, 0) is 9.59 Å². The Morgan fingerprint density at radius 1 is 1.23 bits per heavy atom. The average Bonchev–Trinajstić information content (AvgIpc) is 2.94. The van der Waals surface area contributed by atoms with Crippen molar-refractivity contribution in [3.05, 3.63) is 59.6 Å². The van der Waals surface area contributed by atoms with Gasteiger partial charge in [-0.15, -0.1) is 0 Å². The van der Waals surface area contributed by atoms with Crippen molar-refractivity contribution in [3.63, 3.8) is 0 Å². The second kappa shape index (κ2) is 10.3. The summed E-state index contributed by atoms with van der Waals surface area (Å²) in [5, 5.41) is 1.61. The fourth-order valence-electron chi connectivity index (χ4n) is 2.69. The Morgan fingerprint density at radius 3 is 2.65 bits per heavy atom. The molecule has 0 aliphatic carbocycles. The van der Waals surface area contributed by atoms with Gasteiger partial charge >= 0.3 is 0 Å². The van der Waals surface area contributed by atoms with Crippen LogP contribution in [0.3, 0.4) is 0 Å². The maximum atomic E-state index is 13.7. The highest BCUT2D eigenvalue weighted by atomic mass is 127. The first-order valence-corrected chi connectivity index (χ1v) is 11.8. The van der Waals surface area contributed by atoms with Crippen LogP contribution < -0.4 is 10.1 Å². The third kappa shape index (κ3) is 5.74. The molecule has 1 N–H and O–H groups in total. The minimum absolute atomic E-state index is 0.143. The lowest BCUT2D eigenvalue weighted by Crippen LogP contribution is -2.36. The molecule has 31 heavy (non-hydrogen) atoms. The van der Waals surface area contributed by atoms with Gasteiger partial charge in [0, 0.05) is 15.2 Å². The Balaban J connectivity index is 1.79. The summed E-state index contributed by atoms with van der Waals surface area (Å²) in [4.78, 5) is 38.2. The summed E-state index contributed by atoms with van der Waals surface area (Å²) in [5.74, 6) is -2.57. The number of hydrogen-bond donors (Lipinski definition) is 1. The van der Waals surface area contributed by atoms with Crippen LogP contribution in [0.4, 0.5) is 19.3 Å². The van der Waals surface area contributed by atoms with E-state index in [0.29, 0.717) is 35.7 Å². The van der Waals surface area contributed by atoms with E-state index in [1.165, 1.54) is 0 Å². The van der Waals surface area contributed by atoms with E-state index in [0.717, 1.165) is 24.2 Å². The molecule has 3 rings (SSSR count). The summed E-state index contributed by atoms with van der Waals surface area (Å²) in [7, 11) is 0. The van der Waals surface area contributed by atoms with E-state index in [9.17, 15) is 23.2 Å². The highest BCUT2D eigenvalue weighted by molar-refractivity contribution is 14.1. The van der Waals surface area contributed by atoms with Crippen LogP contribution in [0.2, 0.25) is 0 Å². The number of imide groups is 1. The van der Waals surface area contributed by atoms with Crippen LogP contribution in [0.1, 0.15) is 12.5 Å². The minimum Gasteiger partial charge on any atom is -0.492 e. The highest BCUT2D eigenvalue weighted by Crippen LogP contribution is 2.36. The van der Waals surface area contributed by atoms with Gasteiger partial charge in [0.05, 0.1) is 20.8 Å². The number of carbonyl (C=O) groups is 3. The molecule has 1 aliphatic rings. The summed E-state index contributed by atoms with van der Waals surface area (Å²) >= 11 is 4.98. The maximum absolute atomic E-state index is 13.7. The quantitative estimate of drug-likeness (QED) is 0.336. The number of benzene rings is 2. The van der Waals surface area contributed by atoms with Crippen LogP contribution in [0.5, 0.6) is 5.75 Å². The second-order valence-electron chi connectivity index (χ2n) is 6.18. The van der Waals surface area contributed by atoms with Crippen LogP contribution in [-0.4, -0.2) is 35.1 Å². The molecule has 0 atom stereocenters. The lowest BCUT2D eigenvalue weighted by atomic mass is 10.2. The summed E-state index contributed by atoms with van der Waals surface area (Å²) in [5.41, 5.74) is 0.394. The van der Waals surface area contributed by atoms with Crippen molar-refractivity contribution in [1.82, 2.24) is 4.90 Å². The predicted molar refractivity (Wildman–Crippen MR) is 131 cm³/mol. The van der Waals surface area contributed by atoms with Gasteiger partial charge in [0.2, 0.25) is 5.91 Å². The van der Waals surface area contributed by atoms with Gasteiger partial charge in [0.25, 0.3) is 11.1 Å². The Morgan fingerprint density at radius 2 is 1.97 bits per heavy atom.